The quantitative estimate of drug-likeness (QED) is 0.840. The van der Waals surface area contributed by atoms with Crippen molar-refractivity contribution in [3.8, 4) is 0 Å². The van der Waals surface area contributed by atoms with Gasteiger partial charge in [0.2, 0.25) is 10.0 Å². The molecule has 1 aromatic rings. The topological polar surface area (TPSA) is 58.2 Å². The zero-order chi connectivity index (χ0) is 10.7. The average molecular weight is 246 g/mol. The SMILES string of the molecule is O=S(=O)(CC1CCCN1)Nc1ccsc1. The van der Waals surface area contributed by atoms with Gasteiger partial charge < -0.3 is 5.32 Å². The van der Waals surface area contributed by atoms with E-state index in [2.05, 4.69) is 10.0 Å². The Labute approximate surface area is 93.8 Å². The second-order valence-corrected chi connectivity index (χ2v) is 6.24. The normalized spacial score (nSPS) is 21.7. The molecule has 0 bridgehead atoms. The molecule has 1 aliphatic rings. The summed E-state index contributed by atoms with van der Waals surface area (Å²) in [7, 11) is -3.19. The highest BCUT2D eigenvalue weighted by Crippen LogP contribution is 2.15. The molecule has 1 fully saturated rings. The van der Waals surface area contributed by atoms with Crippen LogP contribution in [0.5, 0.6) is 0 Å². The molecule has 0 saturated carbocycles. The summed E-state index contributed by atoms with van der Waals surface area (Å²) in [4.78, 5) is 0. The molecular formula is C9H14N2O2S2. The molecule has 0 aromatic carbocycles. The van der Waals surface area contributed by atoms with Gasteiger partial charge in [-0.2, -0.15) is 11.3 Å². The van der Waals surface area contributed by atoms with Crippen molar-refractivity contribution in [3.63, 3.8) is 0 Å². The molecule has 84 valence electrons. The minimum atomic E-state index is -3.19. The highest BCUT2D eigenvalue weighted by molar-refractivity contribution is 7.92. The predicted molar refractivity (Wildman–Crippen MR) is 62.8 cm³/mol. The van der Waals surface area contributed by atoms with E-state index >= 15 is 0 Å². The molecule has 1 aromatic heterocycles. The second kappa shape index (κ2) is 4.51. The fourth-order valence-corrected chi connectivity index (χ4v) is 3.75. The molecule has 2 heterocycles. The van der Waals surface area contributed by atoms with Gasteiger partial charge in [0.15, 0.2) is 0 Å². The summed E-state index contributed by atoms with van der Waals surface area (Å²) >= 11 is 1.48. The summed E-state index contributed by atoms with van der Waals surface area (Å²) in [5, 5.41) is 6.82. The standard InChI is InChI=1S/C9H14N2O2S2/c12-15(13,7-9-2-1-4-10-9)11-8-3-5-14-6-8/h3,5-6,9-11H,1-2,4,7H2. The Morgan fingerprint density at radius 2 is 2.47 bits per heavy atom. The van der Waals surface area contributed by atoms with Crippen LogP contribution < -0.4 is 10.0 Å². The molecule has 1 saturated heterocycles. The van der Waals surface area contributed by atoms with Crippen LogP contribution >= 0.6 is 11.3 Å². The van der Waals surface area contributed by atoms with Gasteiger partial charge in [-0.1, -0.05) is 0 Å². The highest BCUT2D eigenvalue weighted by atomic mass is 32.2. The molecule has 1 aliphatic heterocycles. The number of thiophene rings is 1. The third kappa shape index (κ3) is 3.19. The van der Waals surface area contributed by atoms with E-state index < -0.39 is 10.0 Å². The van der Waals surface area contributed by atoms with Crippen LogP contribution in [0.4, 0.5) is 5.69 Å². The van der Waals surface area contributed by atoms with Crippen molar-refractivity contribution in [3.05, 3.63) is 16.8 Å². The maximum Gasteiger partial charge on any atom is 0.234 e. The van der Waals surface area contributed by atoms with Gasteiger partial charge in [0, 0.05) is 11.4 Å². The number of hydrogen-bond donors (Lipinski definition) is 2. The molecule has 0 aliphatic carbocycles. The smallest absolute Gasteiger partial charge is 0.234 e. The molecule has 6 heteroatoms. The zero-order valence-electron chi connectivity index (χ0n) is 8.27. The number of hydrogen-bond acceptors (Lipinski definition) is 4. The first-order chi connectivity index (χ1) is 7.16. The molecule has 1 atom stereocenters. The van der Waals surface area contributed by atoms with Crippen LogP contribution in [0.1, 0.15) is 12.8 Å². The van der Waals surface area contributed by atoms with E-state index in [1.54, 1.807) is 11.4 Å². The molecule has 2 rings (SSSR count). The van der Waals surface area contributed by atoms with Crippen molar-refractivity contribution in [2.75, 3.05) is 17.0 Å². The van der Waals surface area contributed by atoms with E-state index in [0.29, 0.717) is 5.69 Å². The average Bonchev–Trinajstić information content (AvgIpc) is 2.75. The van der Waals surface area contributed by atoms with Crippen LogP contribution in [-0.2, 0) is 10.0 Å². The molecule has 2 N–H and O–H groups in total. The van der Waals surface area contributed by atoms with Crippen LogP contribution in [0.2, 0.25) is 0 Å². The van der Waals surface area contributed by atoms with Gasteiger partial charge in [-0.25, -0.2) is 8.42 Å². The fourth-order valence-electron chi connectivity index (χ4n) is 1.71. The Hall–Kier alpha value is -0.590. The third-order valence-corrected chi connectivity index (χ3v) is 4.45. The Balaban J connectivity index is 1.94. The summed E-state index contributed by atoms with van der Waals surface area (Å²) < 4.78 is 26.0. The monoisotopic (exact) mass is 246 g/mol. The van der Waals surface area contributed by atoms with E-state index in [9.17, 15) is 8.42 Å². The van der Waals surface area contributed by atoms with Gasteiger partial charge in [-0.3, -0.25) is 4.72 Å². The van der Waals surface area contributed by atoms with Crippen LogP contribution in [-0.4, -0.2) is 26.8 Å². The van der Waals surface area contributed by atoms with Crippen molar-refractivity contribution in [1.82, 2.24) is 5.32 Å². The van der Waals surface area contributed by atoms with Crippen LogP contribution in [0, 0.1) is 0 Å². The number of sulfonamides is 1. The van der Waals surface area contributed by atoms with Crippen molar-refractivity contribution in [1.29, 1.82) is 0 Å². The maximum atomic E-state index is 11.7. The molecule has 0 radical (unpaired) electrons. The Morgan fingerprint density at radius 1 is 1.60 bits per heavy atom. The summed E-state index contributed by atoms with van der Waals surface area (Å²) in [5.41, 5.74) is 0.665. The van der Waals surface area contributed by atoms with Crippen LogP contribution in [0.15, 0.2) is 16.8 Å². The number of rotatable bonds is 4. The fraction of sp³-hybridized carbons (Fsp3) is 0.556. The van der Waals surface area contributed by atoms with Crippen molar-refractivity contribution < 1.29 is 8.42 Å². The second-order valence-electron chi connectivity index (χ2n) is 3.69. The molecule has 0 spiro atoms. The van der Waals surface area contributed by atoms with Gasteiger partial charge in [0.1, 0.15) is 0 Å². The predicted octanol–water partition coefficient (Wildman–Crippen LogP) is 1.24. The minimum absolute atomic E-state index is 0.112. The van der Waals surface area contributed by atoms with Gasteiger partial charge in [0.05, 0.1) is 11.4 Å². The maximum absolute atomic E-state index is 11.7. The molecular weight excluding hydrogens is 232 g/mol. The third-order valence-electron chi connectivity index (χ3n) is 2.38. The first-order valence-corrected chi connectivity index (χ1v) is 7.51. The Kier molecular flexibility index (Phi) is 3.28. The highest BCUT2D eigenvalue weighted by Gasteiger charge is 2.21. The largest absolute Gasteiger partial charge is 0.313 e. The summed E-state index contributed by atoms with van der Waals surface area (Å²) in [5.74, 6) is 0.169. The van der Waals surface area contributed by atoms with E-state index in [-0.39, 0.29) is 11.8 Å². The van der Waals surface area contributed by atoms with Crippen molar-refractivity contribution in [2.24, 2.45) is 0 Å². The Bertz CT molecular complexity index is 394. The summed E-state index contributed by atoms with van der Waals surface area (Å²) in [6, 6.07) is 1.88. The van der Waals surface area contributed by atoms with Crippen LogP contribution in [0.25, 0.3) is 0 Å². The molecule has 4 nitrogen and oxygen atoms in total. The van der Waals surface area contributed by atoms with E-state index in [0.717, 1.165) is 19.4 Å². The molecule has 15 heavy (non-hydrogen) atoms. The molecule has 0 amide bonds. The van der Waals surface area contributed by atoms with Crippen LogP contribution in [0.3, 0.4) is 0 Å². The van der Waals surface area contributed by atoms with E-state index in [4.69, 9.17) is 0 Å². The van der Waals surface area contributed by atoms with Gasteiger partial charge in [0.25, 0.3) is 0 Å². The van der Waals surface area contributed by atoms with Crippen molar-refractivity contribution in [2.45, 2.75) is 18.9 Å². The zero-order valence-corrected chi connectivity index (χ0v) is 9.90. The lowest BCUT2D eigenvalue weighted by molar-refractivity contribution is 0.582. The van der Waals surface area contributed by atoms with Crippen molar-refractivity contribution >= 4 is 27.0 Å². The lowest BCUT2D eigenvalue weighted by atomic mass is 10.3. The number of nitrogens with one attached hydrogen (secondary N) is 2. The van der Waals surface area contributed by atoms with Gasteiger partial charge in [-0.05, 0) is 30.8 Å². The minimum Gasteiger partial charge on any atom is -0.313 e. The van der Waals surface area contributed by atoms with E-state index in [1.807, 2.05) is 5.38 Å². The lowest BCUT2D eigenvalue weighted by Crippen LogP contribution is -2.32. The first kappa shape index (κ1) is 10.9. The molecule has 1 unspecified atom stereocenters. The number of anilines is 1. The lowest BCUT2D eigenvalue weighted by Gasteiger charge is -2.11. The summed E-state index contributed by atoms with van der Waals surface area (Å²) in [6.45, 7) is 0.929. The Morgan fingerprint density at radius 3 is 3.07 bits per heavy atom. The summed E-state index contributed by atoms with van der Waals surface area (Å²) in [6.07, 6.45) is 2.02. The van der Waals surface area contributed by atoms with Gasteiger partial charge in [-0.15, -0.1) is 0 Å². The van der Waals surface area contributed by atoms with Gasteiger partial charge >= 0.3 is 0 Å². The van der Waals surface area contributed by atoms with E-state index in [1.165, 1.54) is 11.3 Å². The first-order valence-electron chi connectivity index (χ1n) is 4.92.